The second-order valence-corrected chi connectivity index (χ2v) is 7.26. The lowest BCUT2D eigenvalue weighted by molar-refractivity contribution is 0.327. The van der Waals surface area contributed by atoms with Gasteiger partial charge in [0.15, 0.2) is 0 Å². The van der Waals surface area contributed by atoms with E-state index in [1.165, 1.54) is 12.1 Å². The number of hydrogen-bond acceptors (Lipinski definition) is 3. The normalized spacial score (nSPS) is 23.8. The van der Waals surface area contributed by atoms with Crippen molar-refractivity contribution in [2.75, 3.05) is 0 Å². The van der Waals surface area contributed by atoms with E-state index >= 15 is 0 Å². The predicted octanol–water partition coefficient (Wildman–Crippen LogP) is 2.14. The second kappa shape index (κ2) is 6.20. The van der Waals surface area contributed by atoms with E-state index in [0.29, 0.717) is 5.92 Å². The average molecular weight is 300 g/mol. The van der Waals surface area contributed by atoms with Crippen LogP contribution in [0.2, 0.25) is 0 Å². The van der Waals surface area contributed by atoms with E-state index in [0.717, 1.165) is 31.7 Å². The molecule has 0 heterocycles. The molecule has 1 aromatic carbocycles. The molecule has 112 valence electrons. The van der Waals surface area contributed by atoms with Crippen molar-refractivity contribution >= 4 is 10.0 Å². The Balaban J connectivity index is 2.17. The molecule has 2 atom stereocenters. The third kappa shape index (κ3) is 3.56. The maximum absolute atomic E-state index is 13.4. The lowest BCUT2D eigenvalue weighted by Gasteiger charge is -2.27. The molecule has 0 aromatic heterocycles. The Morgan fingerprint density at radius 1 is 1.40 bits per heavy atom. The molecule has 4 nitrogen and oxygen atoms in total. The van der Waals surface area contributed by atoms with Gasteiger partial charge in [0.25, 0.3) is 0 Å². The van der Waals surface area contributed by atoms with E-state index in [2.05, 4.69) is 11.6 Å². The fraction of sp³-hybridized carbons (Fsp3) is 0.571. The highest BCUT2D eigenvalue weighted by molar-refractivity contribution is 7.89. The summed E-state index contributed by atoms with van der Waals surface area (Å²) in [5, 5.41) is 0. The minimum Gasteiger partial charge on any atom is -0.326 e. The minimum atomic E-state index is -3.60. The van der Waals surface area contributed by atoms with Gasteiger partial charge in [-0.25, -0.2) is 17.5 Å². The first kappa shape index (κ1) is 15.4. The lowest BCUT2D eigenvalue weighted by atomic mass is 9.88. The number of nitrogens with one attached hydrogen (secondary N) is 1. The van der Waals surface area contributed by atoms with Gasteiger partial charge >= 0.3 is 0 Å². The van der Waals surface area contributed by atoms with Crippen LogP contribution in [0.25, 0.3) is 0 Å². The van der Waals surface area contributed by atoms with Crippen LogP contribution in [0.15, 0.2) is 23.1 Å². The van der Waals surface area contributed by atoms with Crippen molar-refractivity contribution in [2.45, 2.75) is 50.1 Å². The first-order chi connectivity index (χ1) is 9.42. The van der Waals surface area contributed by atoms with Crippen LogP contribution in [0.1, 0.15) is 38.2 Å². The fourth-order valence-corrected chi connectivity index (χ4v) is 4.04. The van der Waals surface area contributed by atoms with E-state index in [1.807, 2.05) is 0 Å². The number of hydrogen-bond donors (Lipinski definition) is 2. The average Bonchev–Trinajstić information content (AvgIpc) is 2.38. The molecule has 2 rings (SSSR count). The van der Waals surface area contributed by atoms with E-state index in [1.54, 1.807) is 0 Å². The summed E-state index contributed by atoms with van der Waals surface area (Å²) in [7, 11) is -3.60. The molecule has 0 saturated heterocycles. The van der Waals surface area contributed by atoms with Crippen LogP contribution in [0.5, 0.6) is 0 Å². The summed E-state index contributed by atoms with van der Waals surface area (Å²) < 4.78 is 40.7. The molecule has 1 saturated carbocycles. The Morgan fingerprint density at radius 3 is 2.80 bits per heavy atom. The fourth-order valence-electron chi connectivity index (χ4n) is 2.70. The topological polar surface area (TPSA) is 72.2 Å². The smallest absolute Gasteiger partial charge is 0.240 e. The third-order valence-electron chi connectivity index (χ3n) is 3.81. The highest BCUT2D eigenvalue weighted by atomic mass is 32.2. The predicted molar refractivity (Wildman–Crippen MR) is 76.0 cm³/mol. The van der Waals surface area contributed by atoms with Gasteiger partial charge in [-0.05, 0) is 37.0 Å². The zero-order valence-corrected chi connectivity index (χ0v) is 12.4. The van der Waals surface area contributed by atoms with Crippen LogP contribution >= 0.6 is 0 Å². The van der Waals surface area contributed by atoms with E-state index in [4.69, 9.17) is 5.73 Å². The van der Waals surface area contributed by atoms with Crippen LogP contribution in [0.3, 0.4) is 0 Å². The van der Waals surface area contributed by atoms with Gasteiger partial charge in [-0.2, -0.15) is 0 Å². The molecule has 0 bridgehead atoms. The Kier molecular flexibility index (Phi) is 4.78. The van der Waals surface area contributed by atoms with Crippen molar-refractivity contribution in [1.29, 1.82) is 0 Å². The molecule has 0 amide bonds. The van der Waals surface area contributed by atoms with Gasteiger partial charge in [0.1, 0.15) is 5.82 Å². The zero-order chi connectivity index (χ0) is 14.8. The lowest BCUT2D eigenvalue weighted by Crippen LogP contribution is -2.38. The van der Waals surface area contributed by atoms with Crippen LogP contribution < -0.4 is 10.5 Å². The molecule has 20 heavy (non-hydrogen) atoms. The van der Waals surface area contributed by atoms with Gasteiger partial charge in [0, 0.05) is 18.2 Å². The summed E-state index contributed by atoms with van der Waals surface area (Å²) in [4.78, 5) is 0.0811. The maximum Gasteiger partial charge on any atom is 0.240 e. The monoisotopic (exact) mass is 300 g/mol. The highest BCUT2D eigenvalue weighted by Gasteiger charge is 2.25. The molecule has 1 aliphatic rings. The first-order valence-corrected chi connectivity index (χ1v) is 8.41. The molecule has 1 aliphatic carbocycles. The molecule has 0 aliphatic heterocycles. The molecular formula is C14H21FN2O2S. The van der Waals surface area contributed by atoms with Crippen molar-refractivity contribution in [1.82, 2.24) is 4.72 Å². The molecule has 0 radical (unpaired) electrons. The van der Waals surface area contributed by atoms with E-state index < -0.39 is 15.8 Å². The number of benzene rings is 1. The van der Waals surface area contributed by atoms with Crippen molar-refractivity contribution in [3.8, 4) is 0 Å². The van der Waals surface area contributed by atoms with Gasteiger partial charge in [0.2, 0.25) is 10.0 Å². The summed E-state index contributed by atoms with van der Waals surface area (Å²) in [5.41, 5.74) is 5.62. The van der Waals surface area contributed by atoms with Gasteiger partial charge < -0.3 is 5.73 Å². The summed E-state index contributed by atoms with van der Waals surface area (Å²) in [6, 6.07) is 3.71. The molecule has 0 spiro atoms. The molecule has 2 unspecified atom stereocenters. The van der Waals surface area contributed by atoms with Crippen LogP contribution in [-0.2, 0) is 16.6 Å². The molecular weight excluding hydrogens is 279 g/mol. The SMILES string of the molecule is CC1CCCC(NS(=O)(=O)c2ccc(F)c(CN)c2)C1. The van der Waals surface area contributed by atoms with Crippen LogP contribution in [0.4, 0.5) is 4.39 Å². The van der Waals surface area contributed by atoms with E-state index in [9.17, 15) is 12.8 Å². The summed E-state index contributed by atoms with van der Waals surface area (Å²) in [6.45, 7) is 2.11. The van der Waals surface area contributed by atoms with Crippen molar-refractivity contribution in [3.05, 3.63) is 29.6 Å². The molecule has 3 N–H and O–H groups in total. The largest absolute Gasteiger partial charge is 0.326 e. The Morgan fingerprint density at radius 2 is 2.15 bits per heavy atom. The summed E-state index contributed by atoms with van der Waals surface area (Å²) >= 11 is 0. The summed E-state index contributed by atoms with van der Waals surface area (Å²) in [6.07, 6.45) is 3.89. The van der Waals surface area contributed by atoms with Gasteiger partial charge in [-0.3, -0.25) is 0 Å². The van der Waals surface area contributed by atoms with Crippen molar-refractivity contribution in [2.24, 2.45) is 11.7 Å². The Labute approximate surface area is 119 Å². The van der Waals surface area contributed by atoms with Gasteiger partial charge in [0.05, 0.1) is 4.90 Å². The van der Waals surface area contributed by atoms with Crippen molar-refractivity contribution < 1.29 is 12.8 Å². The standard InChI is InChI=1S/C14H21FN2O2S/c1-10-3-2-4-12(7-10)17-20(18,19)13-5-6-14(15)11(8-13)9-16/h5-6,8,10,12,17H,2-4,7,9,16H2,1H3. The van der Waals surface area contributed by atoms with Gasteiger partial charge in [-0.1, -0.05) is 19.8 Å². The molecule has 1 fully saturated rings. The highest BCUT2D eigenvalue weighted by Crippen LogP contribution is 2.25. The Bertz CT molecular complexity index is 575. The second-order valence-electron chi connectivity index (χ2n) is 5.55. The summed E-state index contributed by atoms with van der Waals surface area (Å²) in [5.74, 6) is 0.0574. The Hall–Kier alpha value is -0.980. The number of rotatable bonds is 4. The first-order valence-electron chi connectivity index (χ1n) is 6.93. The third-order valence-corrected chi connectivity index (χ3v) is 5.32. The molecule has 1 aromatic rings. The zero-order valence-electron chi connectivity index (χ0n) is 11.6. The van der Waals surface area contributed by atoms with Crippen molar-refractivity contribution in [3.63, 3.8) is 0 Å². The maximum atomic E-state index is 13.4. The quantitative estimate of drug-likeness (QED) is 0.895. The number of sulfonamides is 1. The van der Waals surface area contributed by atoms with Crippen LogP contribution in [0, 0.1) is 11.7 Å². The number of halogens is 1. The van der Waals surface area contributed by atoms with Crippen LogP contribution in [-0.4, -0.2) is 14.5 Å². The number of nitrogens with two attached hydrogens (primary N) is 1. The minimum absolute atomic E-state index is 0.0182. The van der Waals surface area contributed by atoms with Gasteiger partial charge in [-0.15, -0.1) is 0 Å². The molecule has 6 heteroatoms. The van der Waals surface area contributed by atoms with E-state index in [-0.39, 0.29) is 23.0 Å².